The average molecular weight is 389 g/mol. The van der Waals surface area contributed by atoms with E-state index in [-0.39, 0.29) is 0 Å². The van der Waals surface area contributed by atoms with Crippen LogP contribution < -0.4 is 9.75 Å². The fraction of sp³-hybridized carbons (Fsp3) is 0.423. The quantitative estimate of drug-likeness (QED) is 0.374. The zero-order chi connectivity index (χ0) is 20.1. The van der Waals surface area contributed by atoms with Crippen molar-refractivity contribution in [1.29, 1.82) is 0 Å². The number of aryl methyl sites for hydroxylation is 2. The molecule has 28 heavy (non-hydrogen) atoms. The molecule has 2 heteroatoms. The summed E-state index contributed by atoms with van der Waals surface area (Å²) in [6, 6.07) is 14.4. The third-order valence-electron chi connectivity index (χ3n) is 6.75. The van der Waals surface area contributed by atoms with Gasteiger partial charge in [-0.25, -0.2) is 4.57 Å². The Morgan fingerprint density at radius 2 is 1.61 bits per heavy atom. The van der Waals surface area contributed by atoms with Gasteiger partial charge in [0.2, 0.25) is 5.69 Å². The van der Waals surface area contributed by atoms with Crippen molar-refractivity contribution < 1.29 is 4.57 Å². The lowest BCUT2D eigenvalue weighted by molar-refractivity contribution is -0.659. The largest absolute Gasteiger partial charge is 0.213 e. The van der Waals surface area contributed by atoms with Crippen LogP contribution in [0.1, 0.15) is 48.3 Å². The molecule has 0 N–H and O–H groups in total. The molecular formula is C26H34NSi+. The van der Waals surface area contributed by atoms with E-state index in [2.05, 4.69) is 87.7 Å². The highest BCUT2D eigenvalue weighted by atomic mass is 28.3. The second-order valence-corrected chi connectivity index (χ2v) is 14.9. The van der Waals surface area contributed by atoms with Gasteiger partial charge in [0.25, 0.3) is 0 Å². The highest BCUT2D eigenvalue weighted by molar-refractivity contribution is 6.88. The maximum absolute atomic E-state index is 2.49. The minimum absolute atomic E-state index is 0.752. The Bertz CT molecular complexity index is 1040. The van der Waals surface area contributed by atoms with Gasteiger partial charge >= 0.3 is 0 Å². The molecule has 0 saturated heterocycles. The Labute approximate surface area is 171 Å². The van der Waals surface area contributed by atoms with Crippen molar-refractivity contribution in [2.75, 3.05) is 0 Å². The summed E-state index contributed by atoms with van der Waals surface area (Å²) in [6.45, 7) is 11.8. The molecule has 3 aromatic rings. The SMILES string of the molecule is Cc1cc(C2CCCC2)cc(-c2cc3cc([Si](C)(C)C)ccc3c[n+]2C)c1C. The van der Waals surface area contributed by atoms with Crippen LogP contribution in [0.5, 0.6) is 0 Å². The van der Waals surface area contributed by atoms with Gasteiger partial charge in [0.15, 0.2) is 6.20 Å². The number of rotatable bonds is 3. The standard InChI is InChI=1S/C26H34NSi/c1-18-13-22(20-9-7-8-10-20)15-25(19(18)2)26-16-23-14-24(28(4,5)6)12-11-21(23)17-27(26)3/h11-17,20H,7-10H2,1-6H3/q+1. The molecule has 1 saturated carbocycles. The molecule has 1 nitrogen and oxygen atoms in total. The van der Waals surface area contributed by atoms with E-state index in [1.807, 2.05) is 0 Å². The van der Waals surface area contributed by atoms with Gasteiger partial charge in [0.1, 0.15) is 7.05 Å². The van der Waals surface area contributed by atoms with Crippen LogP contribution in [0.25, 0.3) is 22.0 Å². The summed E-state index contributed by atoms with van der Waals surface area (Å²) in [5, 5.41) is 4.23. The molecule has 1 aliphatic rings. The Morgan fingerprint density at radius 1 is 0.893 bits per heavy atom. The van der Waals surface area contributed by atoms with Crippen molar-refractivity contribution in [2.45, 2.75) is 65.1 Å². The van der Waals surface area contributed by atoms with E-state index >= 15 is 0 Å². The monoisotopic (exact) mass is 388 g/mol. The zero-order valence-electron chi connectivity index (χ0n) is 18.4. The highest BCUT2D eigenvalue weighted by Crippen LogP contribution is 2.37. The average Bonchev–Trinajstić information content (AvgIpc) is 3.17. The van der Waals surface area contributed by atoms with Crippen LogP contribution in [-0.4, -0.2) is 8.07 Å². The zero-order valence-corrected chi connectivity index (χ0v) is 19.4. The van der Waals surface area contributed by atoms with E-state index in [1.54, 1.807) is 5.56 Å². The van der Waals surface area contributed by atoms with E-state index in [9.17, 15) is 0 Å². The third kappa shape index (κ3) is 3.55. The Hall–Kier alpha value is -1.93. The number of nitrogens with zero attached hydrogens (tertiary/aromatic N) is 1. The highest BCUT2D eigenvalue weighted by Gasteiger charge is 2.22. The summed E-state index contributed by atoms with van der Waals surface area (Å²) in [5.74, 6) is 0.752. The Kier molecular flexibility index (Phi) is 4.95. The van der Waals surface area contributed by atoms with Crippen molar-refractivity contribution in [3.05, 3.63) is 59.3 Å². The van der Waals surface area contributed by atoms with Crippen LogP contribution in [0.3, 0.4) is 0 Å². The third-order valence-corrected chi connectivity index (χ3v) is 8.79. The second-order valence-electron chi connectivity index (χ2n) is 9.86. The molecule has 4 rings (SSSR count). The molecule has 0 atom stereocenters. The molecule has 1 fully saturated rings. The van der Waals surface area contributed by atoms with Gasteiger partial charge in [-0.05, 0) is 66.8 Å². The smallest absolute Gasteiger partial charge is 0.200 e. The maximum atomic E-state index is 2.49. The van der Waals surface area contributed by atoms with E-state index in [1.165, 1.54) is 64.0 Å². The molecule has 0 radical (unpaired) electrons. The van der Waals surface area contributed by atoms with Gasteiger partial charge < -0.3 is 0 Å². The van der Waals surface area contributed by atoms with Crippen molar-refractivity contribution in [2.24, 2.45) is 7.05 Å². The number of pyridine rings is 1. The lowest BCUT2D eigenvalue weighted by atomic mass is 9.89. The molecular weight excluding hydrogens is 354 g/mol. The molecule has 0 unspecified atom stereocenters. The molecule has 2 aromatic carbocycles. The number of benzene rings is 2. The molecule has 1 aromatic heterocycles. The van der Waals surface area contributed by atoms with Crippen molar-refractivity contribution >= 4 is 24.0 Å². The van der Waals surface area contributed by atoms with Crippen molar-refractivity contribution in [1.82, 2.24) is 0 Å². The molecule has 1 heterocycles. The topological polar surface area (TPSA) is 3.88 Å². The summed E-state index contributed by atoms with van der Waals surface area (Å²) in [5.41, 5.74) is 7.13. The molecule has 0 amide bonds. The first kappa shape index (κ1) is 19.4. The van der Waals surface area contributed by atoms with Gasteiger partial charge in [-0.3, -0.25) is 0 Å². The lowest BCUT2D eigenvalue weighted by Gasteiger charge is -2.18. The van der Waals surface area contributed by atoms with Gasteiger partial charge in [-0.1, -0.05) is 55.9 Å². The molecule has 0 spiro atoms. The van der Waals surface area contributed by atoms with Gasteiger partial charge in [0.05, 0.1) is 8.07 Å². The summed E-state index contributed by atoms with van der Waals surface area (Å²) >= 11 is 0. The van der Waals surface area contributed by atoms with E-state index < -0.39 is 8.07 Å². The van der Waals surface area contributed by atoms with Crippen LogP contribution in [-0.2, 0) is 7.05 Å². The summed E-state index contributed by atoms with van der Waals surface area (Å²) < 4.78 is 2.32. The Morgan fingerprint density at radius 3 is 2.29 bits per heavy atom. The minimum Gasteiger partial charge on any atom is -0.200 e. The second kappa shape index (κ2) is 7.15. The molecule has 1 aliphatic carbocycles. The summed E-state index contributed by atoms with van der Waals surface area (Å²) in [4.78, 5) is 0. The fourth-order valence-electron chi connectivity index (χ4n) is 4.73. The molecule has 0 aliphatic heterocycles. The summed E-state index contributed by atoms with van der Waals surface area (Å²) in [7, 11) is 0.878. The van der Waals surface area contributed by atoms with E-state index in [0.29, 0.717) is 0 Å². The van der Waals surface area contributed by atoms with Crippen molar-refractivity contribution in [3.8, 4) is 11.3 Å². The first-order valence-corrected chi connectivity index (χ1v) is 14.3. The number of hydrogen-bond donors (Lipinski definition) is 0. The minimum atomic E-state index is -1.31. The Balaban J connectivity index is 1.89. The lowest BCUT2D eigenvalue weighted by Crippen LogP contribution is -2.37. The van der Waals surface area contributed by atoms with Gasteiger partial charge in [-0.2, -0.15) is 0 Å². The van der Waals surface area contributed by atoms with Crippen LogP contribution in [0.4, 0.5) is 0 Å². The number of fused-ring (bicyclic) bond motifs is 1. The van der Waals surface area contributed by atoms with Gasteiger partial charge in [-0.15, -0.1) is 0 Å². The summed E-state index contributed by atoms with van der Waals surface area (Å²) in [6.07, 6.45) is 7.78. The first-order chi connectivity index (χ1) is 13.2. The predicted molar refractivity (Wildman–Crippen MR) is 124 cm³/mol. The normalized spacial score (nSPS) is 15.5. The van der Waals surface area contributed by atoms with Crippen LogP contribution in [0.15, 0.2) is 42.6 Å². The van der Waals surface area contributed by atoms with Crippen LogP contribution in [0.2, 0.25) is 19.6 Å². The van der Waals surface area contributed by atoms with E-state index in [4.69, 9.17) is 0 Å². The predicted octanol–water partition coefficient (Wildman–Crippen LogP) is 6.15. The fourth-order valence-corrected chi connectivity index (χ4v) is 5.90. The van der Waals surface area contributed by atoms with Crippen molar-refractivity contribution in [3.63, 3.8) is 0 Å². The molecule has 146 valence electrons. The van der Waals surface area contributed by atoms with Gasteiger partial charge in [0, 0.05) is 17.0 Å². The van der Waals surface area contributed by atoms with Crippen LogP contribution >= 0.6 is 0 Å². The first-order valence-electron chi connectivity index (χ1n) is 10.8. The molecule has 0 bridgehead atoms. The number of aromatic nitrogens is 1. The number of hydrogen-bond acceptors (Lipinski definition) is 0. The van der Waals surface area contributed by atoms with Crippen LogP contribution in [0, 0.1) is 13.8 Å². The van der Waals surface area contributed by atoms with E-state index in [0.717, 1.165) is 5.92 Å². The maximum Gasteiger partial charge on any atom is 0.213 e.